The van der Waals surface area contributed by atoms with Crippen LogP contribution in [0.2, 0.25) is 5.02 Å². The van der Waals surface area contributed by atoms with E-state index >= 15 is 0 Å². The zero-order valence-electron chi connectivity index (χ0n) is 11.1. The van der Waals surface area contributed by atoms with Gasteiger partial charge < -0.3 is 0 Å². The van der Waals surface area contributed by atoms with Crippen molar-refractivity contribution in [3.8, 4) is 0 Å². The molecule has 0 amide bonds. The van der Waals surface area contributed by atoms with E-state index in [1.165, 1.54) is 5.01 Å². The molecule has 1 aromatic heterocycles. The van der Waals surface area contributed by atoms with E-state index in [4.69, 9.17) is 17.0 Å². The van der Waals surface area contributed by atoms with Gasteiger partial charge in [-0.2, -0.15) is 13.2 Å². The van der Waals surface area contributed by atoms with Gasteiger partial charge in [-0.1, -0.05) is 35.9 Å². The summed E-state index contributed by atoms with van der Waals surface area (Å²) in [6.07, 6.45) is -3.78. The van der Waals surface area contributed by atoms with Gasteiger partial charge >= 0.3 is 6.18 Å². The molecule has 1 aliphatic heterocycles. The summed E-state index contributed by atoms with van der Waals surface area (Å²) in [7, 11) is 0. The first-order chi connectivity index (χ1) is 10.4. The standard InChI is InChI=1S/C14H10ClF3N4/c15-11-5-9(14(16,17)18)6-20-13(11)21-22-7-8-3-1-2-4-10(8)12(22)19/h1-6,19H,7H2,(H,20,21). The highest BCUT2D eigenvalue weighted by molar-refractivity contribution is 6.33. The largest absolute Gasteiger partial charge is 0.417 e. The monoisotopic (exact) mass is 326 g/mol. The van der Waals surface area contributed by atoms with Crippen LogP contribution >= 0.6 is 11.6 Å². The van der Waals surface area contributed by atoms with E-state index in [0.717, 1.165) is 17.2 Å². The maximum absolute atomic E-state index is 12.6. The first-order valence-electron chi connectivity index (χ1n) is 6.30. The lowest BCUT2D eigenvalue weighted by molar-refractivity contribution is -0.137. The number of amidine groups is 1. The number of alkyl halides is 3. The molecule has 0 aliphatic carbocycles. The van der Waals surface area contributed by atoms with Gasteiger partial charge in [-0.05, 0) is 11.6 Å². The van der Waals surface area contributed by atoms with Gasteiger partial charge in [0, 0.05) is 11.8 Å². The molecule has 2 aromatic rings. The van der Waals surface area contributed by atoms with Crippen LogP contribution in [-0.4, -0.2) is 15.8 Å². The second-order valence-electron chi connectivity index (χ2n) is 4.76. The smallest absolute Gasteiger partial charge is 0.283 e. The Kier molecular flexibility index (Phi) is 3.44. The molecule has 1 aliphatic rings. The summed E-state index contributed by atoms with van der Waals surface area (Å²) in [5.41, 5.74) is 3.58. The number of nitrogens with zero attached hydrogens (tertiary/aromatic N) is 2. The van der Waals surface area contributed by atoms with Crippen molar-refractivity contribution in [3.05, 3.63) is 58.2 Å². The number of aromatic nitrogens is 1. The van der Waals surface area contributed by atoms with Crippen LogP contribution in [0.25, 0.3) is 0 Å². The highest BCUT2D eigenvalue weighted by Crippen LogP contribution is 2.33. The minimum absolute atomic E-state index is 0.0761. The maximum Gasteiger partial charge on any atom is 0.417 e. The summed E-state index contributed by atoms with van der Waals surface area (Å²) >= 11 is 5.85. The van der Waals surface area contributed by atoms with Crippen LogP contribution in [0.3, 0.4) is 0 Å². The first-order valence-corrected chi connectivity index (χ1v) is 6.68. The highest BCUT2D eigenvalue weighted by atomic mass is 35.5. The Hall–Kier alpha value is -2.28. The summed E-state index contributed by atoms with van der Waals surface area (Å²) in [5, 5.41) is 9.39. The van der Waals surface area contributed by atoms with Crippen LogP contribution in [0.1, 0.15) is 16.7 Å². The summed E-state index contributed by atoms with van der Waals surface area (Å²) in [5.74, 6) is 0.292. The van der Waals surface area contributed by atoms with Gasteiger partial charge in [0.25, 0.3) is 0 Å². The average Bonchev–Trinajstić information content (AvgIpc) is 2.77. The van der Waals surface area contributed by atoms with Gasteiger partial charge in [0.15, 0.2) is 5.82 Å². The number of hydrogen-bond donors (Lipinski definition) is 2. The van der Waals surface area contributed by atoms with Crippen LogP contribution in [0.15, 0.2) is 36.5 Å². The number of anilines is 1. The van der Waals surface area contributed by atoms with E-state index in [9.17, 15) is 13.2 Å². The van der Waals surface area contributed by atoms with Gasteiger partial charge in [-0.25, -0.2) is 4.98 Å². The molecule has 4 nitrogen and oxygen atoms in total. The van der Waals surface area contributed by atoms with Gasteiger partial charge in [-0.15, -0.1) is 0 Å². The molecule has 0 saturated heterocycles. The Morgan fingerprint density at radius 1 is 1.27 bits per heavy atom. The molecule has 2 heterocycles. The number of rotatable bonds is 2. The molecule has 0 bridgehead atoms. The summed E-state index contributed by atoms with van der Waals surface area (Å²) in [6.45, 7) is 0.411. The van der Waals surface area contributed by atoms with Crippen LogP contribution in [0.4, 0.5) is 19.0 Å². The number of benzene rings is 1. The van der Waals surface area contributed by atoms with Crippen molar-refractivity contribution in [1.82, 2.24) is 9.99 Å². The predicted molar refractivity (Wildman–Crippen MR) is 76.7 cm³/mol. The molecular formula is C14H10ClF3N4. The lowest BCUT2D eigenvalue weighted by Crippen LogP contribution is -2.30. The van der Waals surface area contributed by atoms with E-state index in [-0.39, 0.29) is 16.7 Å². The minimum Gasteiger partial charge on any atom is -0.283 e. The van der Waals surface area contributed by atoms with E-state index < -0.39 is 11.7 Å². The van der Waals surface area contributed by atoms with Crippen LogP contribution in [-0.2, 0) is 12.7 Å². The average molecular weight is 327 g/mol. The lowest BCUT2D eigenvalue weighted by Gasteiger charge is -2.20. The fraction of sp³-hybridized carbons (Fsp3) is 0.143. The number of nitrogens with one attached hydrogen (secondary N) is 2. The lowest BCUT2D eigenvalue weighted by atomic mass is 10.1. The normalized spacial score (nSPS) is 14.2. The third-order valence-corrected chi connectivity index (χ3v) is 3.57. The summed E-state index contributed by atoms with van der Waals surface area (Å²) in [4.78, 5) is 3.70. The number of halogens is 4. The van der Waals surface area contributed by atoms with E-state index in [1.54, 1.807) is 6.07 Å². The van der Waals surface area contributed by atoms with Crippen molar-refractivity contribution in [2.45, 2.75) is 12.7 Å². The highest BCUT2D eigenvalue weighted by Gasteiger charge is 2.32. The van der Waals surface area contributed by atoms with E-state index in [1.807, 2.05) is 18.2 Å². The number of hydrazine groups is 1. The van der Waals surface area contributed by atoms with Crippen molar-refractivity contribution in [1.29, 1.82) is 5.41 Å². The van der Waals surface area contributed by atoms with Gasteiger partial charge in [0.05, 0.1) is 17.1 Å². The zero-order chi connectivity index (χ0) is 15.9. The third kappa shape index (κ3) is 2.59. The fourth-order valence-corrected chi connectivity index (χ4v) is 2.39. The van der Waals surface area contributed by atoms with Crippen molar-refractivity contribution in [2.24, 2.45) is 0 Å². The Morgan fingerprint density at radius 2 is 2.00 bits per heavy atom. The second kappa shape index (κ2) is 5.17. The van der Waals surface area contributed by atoms with Crippen molar-refractivity contribution < 1.29 is 13.2 Å². The topological polar surface area (TPSA) is 52.0 Å². The minimum atomic E-state index is -4.49. The Morgan fingerprint density at radius 3 is 2.64 bits per heavy atom. The fourth-order valence-electron chi connectivity index (χ4n) is 2.18. The van der Waals surface area contributed by atoms with Crippen molar-refractivity contribution in [3.63, 3.8) is 0 Å². The molecule has 3 rings (SSSR count). The molecule has 8 heteroatoms. The molecular weight excluding hydrogens is 317 g/mol. The molecule has 114 valence electrons. The molecule has 2 N–H and O–H groups in total. The van der Waals surface area contributed by atoms with Crippen LogP contribution in [0.5, 0.6) is 0 Å². The van der Waals surface area contributed by atoms with Gasteiger partial charge in [-0.3, -0.25) is 15.8 Å². The molecule has 0 atom stereocenters. The molecule has 0 radical (unpaired) electrons. The molecule has 22 heavy (non-hydrogen) atoms. The Bertz CT molecular complexity index is 745. The molecule has 0 saturated carbocycles. The number of fused-ring (bicyclic) bond motifs is 1. The Balaban J connectivity index is 1.82. The second-order valence-corrected chi connectivity index (χ2v) is 5.16. The van der Waals surface area contributed by atoms with Crippen LogP contribution in [0, 0.1) is 5.41 Å². The number of pyridine rings is 1. The van der Waals surface area contributed by atoms with Crippen molar-refractivity contribution in [2.75, 3.05) is 5.43 Å². The first kappa shape index (κ1) is 14.6. The summed E-state index contributed by atoms with van der Waals surface area (Å²) < 4.78 is 37.7. The molecule has 0 fully saturated rings. The van der Waals surface area contributed by atoms with Gasteiger partial charge in [0.2, 0.25) is 0 Å². The quantitative estimate of drug-likeness (QED) is 0.879. The summed E-state index contributed by atoms with van der Waals surface area (Å²) in [6, 6.07) is 8.18. The van der Waals surface area contributed by atoms with Crippen LogP contribution < -0.4 is 5.43 Å². The molecule has 0 spiro atoms. The molecule has 0 unspecified atom stereocenters. The third-order valence-electron chi connectivity index (χ3n) is 3.28. The van der Waals surface area contributed by atoms with Crippen molar-refractivity contribution >= 4 is 23.3 Å². The predicted octanol–water partition coefficient (Wildman–Crippen LogP) is 3.92. The van der Waals surface area contributed by atoms with Gasteiger partial charge in [0.1, 0.15) is 5.84 Å². The van der Waals surface area contributed by atoms with E-state index in [0.29, 0.717) is 12.7 Å². The Labute approximate surface area is 129 Å². The van der Waals surface area contributed by atoms with E-state index in [2.05, 4.69) is 10.4 Å². The maximum atomic E-state index is 12.6. The zero-order valence-corrected chi connectivity index (χ0v) is 11.8. The SMILES string of the molecule is N=C1c2ccccc2CN1Nc1ncc(C(F)(F)F)cc1Cl. The number of hydrogen-bond acceptors (Lipinski definition) is 3. The molecule has 1 aromatic carbocycles.